The van der Waals surface area contributed by atoms with E-state index >= 15 is 0 Å². The number of halogens is 2. The standard InChI is InChI=1S/C30H37F2N7O4/c1-20(40)36-9-6-21(7-10-36)16-27(41)38-11-8-22(18-38)19-43-26-17-25(34-30(35-26)37-12-14-42-15-13-37)39-24-5-3-2-4-23(24)33-29(39)28(31)32/h2-5,17,21-22,28H,6-16,18-19H2,1H3/t22-/m0/s1. The van der Waals surface area contributed by atoms with Crippen LogP contribution in [0.5, 0.6) is 5.88 Å². The second-order valence-corrected chi connectivity index (χ2v) is 11.5. The first kappa shape index (κ1) is 29.2. The van der Waals surface area contributed by atoms with Crippen molar-refractivity contribution >= 4 is 28.8 Å². The highest BCUT2D eigenvalue weighted by atomic mass is 19.3. The van der Waals surface area contributed by atoms with Crippen molar-refractivity contribution in [3.8, 4) is 11.7 Å². The van der Waals surface area contributed by atoms with Crippen LogP contribution in [0.15, 0.2) is 30.3 Å². The van der Waals surface area contributed by atoms with Gasteiger partial charge >= 0.3 is 0 Å². The summed E-state index contributed by atoms with van der Waals surface area (Å²) in [5, 5.41) is 0. The Morgan fingerprint density at radius 3 is 2.44 bits per heavy atom. The normalized spacial score (nSPS) is 19.9. The number of aromatic nitrogens is 4. The number of benzene rings is 1. The summed E-state index contributed by atoms with van der Waals surface area (Å²) in [6.07, 6.45) is 0.217. The molecule has 0 radical (unpaired) electrons. The van der Waals surface area contributed by atoms with Crippen LogP contribution >= 0.6 is 0 Å². The van der Waals surface area contributed by atoms with Crippen molar-refractivity contribution in [1.29, 1.82) is 0 Å². The first-order valence-electron chi connectivity index (χ1n) is 15.0. The predicted molar refractivity (Wildman–Crippen MR) is 154 cm³/mol. The SMILES string of the molecule is CC(=O)N1CCC(CC(=O)N2CC[C@H](COc3cc(-n4c(C(F)F)nc5ccccc54)nc(N4CCOCC4)n3)C2)CC1. The Kier molecular flexibility index (Phi) is 8.68. The van der Waals surface area contributed by atoms with Gasteiger partial charge in [-0.15, -0.1) is 0 Å². The zero-order valence-electron chi connectivity index (χ0n) is 24.3. The fourth-order valence-corrected chi connectivity index (χ4v) is 6.15. The monoisotopic (exact) mass is 597 g/mol. The number of para-hydroxylation sites is 2. The van der Waals surface area contributed by atoms with E-state index < -0.39 is 12.2 Å². The number of amides is 2. The van der Waals surface area contributed by atoms with Gasteiger partial charge in [-0.3, -0.25) is 14.2 Å². The summed E-state index contributed by atoms with van der Waals surface area (Å²) < 4.78 is 41.3. The largest absolute Gasteiger partial charge is 0.477 e. The lowest BCUT2D eigenvalue weighted by molar-refractivity contribution is -0.132. The average Bonchev–Trinajstić information content (AvgIpc) is 3.66. The van der Waals surface area contributed by atoms with E-state index in [1.807, 2.05) is 14.7 Å². The first-order valence-corrected chi connectivity index (χ1v) is 15.0. The summed E-state index contributed by atoms with van der Waals surface area (Å²) in [4.78, 5) is 43.8. The van der Waals surface area contributed by atoms with Crippen LogP contribution in [0.3, 0.4) is 0 Å². The Morgan fingerprint density at radius 1 is 0.977 bits per heavy atom. The van der Waals surface area contributed by atoms with Crippen LogP contribution in [-0.2, 0) is 14.3 Å². The van der Waals surface area contributed by atoms with E-state index in [0.29, 0.717) is 88.4 Å². The summed E-state index contributed by atoms with van der Waals surface area (Å²) in [6.45, 7) is 6.80. The molecule has 2 aromatic heterocycles. The molecule has 0 spiro atoms. The fraction of sp³-hybridized carbons (Fsp3) is 0.567. The summed E-state index contributed by atoms with van der Waals surface area (Å²) in [5.41, 5.74) is 0.971. The van der Waals surface area contributed by atoms with Gasteiger partial charge in [-0.1, -0.05) is 12.1 Å². The van der Waals surface area contributed by atoms with Gasteiger partial charge in [0.1, 0.15) is 5.82 Å². The van der Waals surface area contributed by atoms with Crippen molar-refractivity contribution in [3.05, 3.63) is 36.2 Å². The van der Waals surface area contributed by atoms with Gasteiger partial charge in [0.05, 0.1) is 30.9 Å². The molecule has 6 rings (SSSR count). The second kappa shape index (κ2) is 12.8. The van der Waals surface area contributed by atoms with E-state index in [0.717, 1.165) is 19.3 Å². The molecule has 13 heteroatoms. The summed E-state index contributed by atoms with van der Waals surface area (Å²) in [5.74, 6) is 1.19. The smallest absolute Gasteiger partial charge is 0.296 e. The number of carbonyl (C=O) groups excluding carboxylic acids is 2. The first-order chi connectivity index (χ1) is 20.9. The lowest BCUT2D eigenvalue weighted by Gasteiger charge is -2.31. The van der Waals surface area contributed by atoms with Gasteiger partial charge in [-0.2, -0.15) is 9.97 Å². The number of imidazole rings is 1. The third-order valence-corrected chi connectivity index (χ3v) is 8.61. The summed E-state index contributed by atoms with van der Waals surface area (Å²) >= 11 is 0. The molecule has 3 aliphatic rings. The summed E-state index contributed by atoms with van der Waals surface area (Å²) in [7, 11) is 0. The Balaban J connectivity index is 1.15. The van der Waals surface area contributed by atoms with Crippen molar-refractivity contribution < 1.29 is 27.8 Å². The van der Waals surface area contributed by atoms with Gasteiger partial charge < -0.3 is 24.2 Å². The molecule has 0 saturated carbocycles. The highest BCUT2D eigenvalue weighted by Gasteiger charge is 2.30. The zero-order chi connectivity index (χ0) is 29.9. The molecule has 3 aliphatic heterocycles. The number of carbonyl (C=O) groups is 2. The minimum Gasteiger partial charge on any atom is -0.477 e. The van der Waals surface area contributed by atoms with Crippen LogP contribution in [0.4, 0.5) is 14.7 Å². The molecule has 0 aliphatic carbocycles. The number of likely N-dealkylation sites (tertiary alicyclic amines) is 2. The average molecular weight is 598 g/mol. The summed E-state index contributed by atoms with van der Waals surface area (Å²) in [6, 6.07) is 8.55. The molecule has 43 heavy (non-hydrogen) atoms. The van der Waals surface area contributed by atoms with Gasteiger partial charge in [0.2, 0.25) is 23.6 Å². The predicted octanol–water partition coefficient (Wildman–Crippen LogP) is 3.47. The number of fused-ring (bicyclic) bond motifs is 1. The lowest BCUT2D eigenvalue weighted by atomic mass is 9.93. The van der Waals surface area contributed by atoms with Gasteiger partial charge in [-0.05, 0) is 37.3 Å². The lowest BCUT2D eigenvalue weighted by Crippen LogP contribution is -2.39. The quantitative estimate of drug-likeness (QED) is 0.389. The minimum atomic E-state index is -2.80. The molecule has 11 nitrogen and oxygen atoms in total. The van der Waals surface area contributed by atoms with Crippen molar-refractivity contribution in [2.24, 2.45) is 11.8 Å². The van der Waals surface area contributed by atoms with E-state index in [1.54, 1.807) is 37.3 Å². The van der Waals surface area contributed by atoms with Crippen molar-refractivity contribution in [1.82, 2.24) is 29.3 Å². The Hall–Kier alpha value is -3.87. The maximum Gasteiger partial charge on any atom is 0.296 e. The number of ether oxygens (including phenoxy) is 2. The number of hydrogen-bond donors (Lipinski definition) is 0. The molecule has 0 unspecified atom stereocenters. The molecule has 1 atom stereocenters. The number of rotatable bonds is 8. The topological polar surface area (TPSA) is 106 Å². The van der Waals surface area contributed by atoms with E-state index in [9.17, 15) is 18.4 Å². The number of alkyl halides is 2. The molecule has 230 valence electrons. The fourth-order valence-electron chi connectivity index (χ4n) is 6.15. The Morgan fingerprint density at radius 2 is 1.70 bits per heavy atom. The number of morpholine rings is 1. The van der Waals surface area contributed by atoms with Crippen molar-refractivity contribution in [2.75, 3.05) is 64.0 Å². The van der Waals surface area contributed by atoms with E-state index in [4.69, 9.17) is 9.47 Å². The van der Waals surface area contributed by atoms with Crippen LogP contribution < -0.4 is 9.64 Å². The van der Waals surface area contributed by atoms with Gasteiger partial charge in [0.25, 0.3) is 6.43 Å². The van der Waals surface area contributed by atoms with Crippen molar-refractivity contribution in [3.63, 3.8) is 0 Å². The highest BCUT2D eigenvalue weighted by Crippen LogP contribution is 2.30. The Bertz CT molecular complexity index is 1450. The molecule has 3 saturated heterocycles. The van der Waals surface area contributed by atoms with E-state index in [-0.39, 0.29) is 29.4 Å². The van der Waals surface area contributed by atoms with Crippen LogP contribution in [0, 0.1) is 11.8 Å². The minimum absolute atomic E-state index is 0.0906. The molecule has 5 heterocycles. The second-order valence-electron chi connectivity index (χ2n) is 11.5. The molecule has 0 bridgehead atoms. The third-order valence-electron chi connectivity index (χ3n) is 8.61. The maximum absolute atomic E-state index is 14.1. The van der Waals surface area contributed by atoms with Gasteiger partial charge in [0.15, 0.2) is 5.82 Å². The van der Waals surface area contributed by atoms with Gasteiger partial charge in [-0.25, -0.2) is 13.8 Å². The van der Waals surface area contributed by atoms with Crippen LogP contribution in [0.1, 0.15) is 44.9 Å². The molecular formula is C30H37F2N7O4. The van der Waals surface area contributed by atoms with Gasteiger partial charge in [0, 0.05) is 64.6 Å². The maximum atomic E-state index is 14.1. The van der Waals surface area contributed by atoms with E-state index in [1.165, 1.54) is 4.57 Å². The molecule has 3 fully saturated rings. The molecule has 0 N–H and O–H groups in total. The molecule has 3 aromatic rings. The zero-order valence-corrected chi connectivity index (χ0v) is 24.3. The molecular weight excluding hydrogens is 560 g/mol. The number of piperidine rings is 1. The molecule has 1 aromatic carbocycles. The molecule has 2 amide bonds. The van der Waals surface area contributed by atoms with Crippen LogP contribution in [-0.4, -0.2) is 100 Å². The van der Waals surface area contributed by atoms with Crippen molar-refractivity contribution in [2.45, 2.75) is 39.0 Å². The highest BCUT2D eigenvalue weighted by molar-refractivity contribution is 5.78. The third kappa shape index (κ3) is 6.56. The number of hydrogen-bond acceptors (Lipinski definition) is 8. The Labute approximate surface area is 248 Å². The number of nitrogens with zero attached hydrogens (tertiary/aromatic N) is 7. The number of anilines is 1. The van der Waals surface area contributed by atoms with Crippen LogP contribution in [0.2, 0.25) is 0 Å². The van der Waals surface area contributed by atoms with E-state index in [2.05, 4.69) is 15.0 Å². The van der Waals surface area contributed by atoms with Crippen LogP contribution in [0.25, 0.3) is 16.9 Å².